The first-order chi connectivity index (χ1) is 8.93. The molecule has 2 nitrogen and oxygen atoms in total. The number of rotatable bonds is 2. The van der Waals surface area contributed by atoms with E-state index in [2.05, 4.69) is 5.32 Å². The number of nitrogens with zero attached hydrogens (tertiary/aromatic N) is 1. The zero-order chi connectivity index (χ0) is 14.0. The van der Waals surface area contributed by atoms with Gasteiger partial charge in [0.1, 0.15) is 0 Å². The number of para-hydroxylation sites is 1. The maximum atomic E-state index is 13.1. The van der Waals surface area contributed by atoms with E-state index in [-0.39, 0.29) is 16.8 Å². The Bertz CT molecular complexity index is 448. The Hall–Kier alpha value is -0.940. The van der Waals surface area contributed by atoms with Crippen LogP contribution in [0.15, 0.2) is 18.2 Å². The highest BCUT2D eigenvalue weighted by Gasteiger charge is 2.36. The van der Waals surface area contributed by atoms with Crippen LogP contribution in [-0.4, -0.2) is 26.2 Å². The van der Waals surface area contributed by atoms with Gasteiger partial charge >= 0.3 is 6.18 Å². The average Bonchev–Trinajstić information content (AvgIpc) is 2.37. The molecule has 1 unspecified atom stereocenters. The van der Waals surface area contributed by atoms with E-state index in [0.29, 0.717) is 13.1 Å². The molecule has 0 radical (unpaired) electrons. The van der Waals surface area contributed by atoms with Crippen molar-refractivity contribution in [3.63, 3.8) is 0 Å². The molecule has 6 heteroatoms. The van der Waals surface area contributed by atoms with Crippen LogP contribution < -0.4 is 10.2 Å². The fourth-order valence-corrected chi connectivity index (χ4v) is 2.78. The molecular weight excluding hydrogens is 277 g/mol. The lowest BCUT2D eigenvalue weighted by atomic mass is 10.0. The summed E-state index contributed by atoms with van der Waals surface area (Å²) in [7, 11) is 1.82. The van der Waals surface area contributed by atoms with Gasteiger partial charge in [-0.2, -0.15) is 13.2 Å². The summed E-state index contributed by atoms with van der Waals surface area (Å²) < 4.78 is 39.2. The van der Waals surface area contributed by atoms with E-state index in [9.17, 15) is 13.2 Å². The number of benzene rings is 1. The molecule has 1 heterocycles. The molecule has 1 aromatic carbocycles. The van der Waals surface area contributed by atoms with E-state index in [1.54, 1.807) is 4.90 Å². The number of nitrogens with one attached hydrogen (secondary N) is 1. The smallest absolute Gasteiger partial charge is 0.368 e. The van der Waals surface area contributed by atoms with Crippen LogP contribution in [0.4, 0.5) is 18.9 Å². The van der Waals surface area contributed by atoms with Crippen molar-refractivity contribution >= 4 is 17.3 Å². The van der Waals surface area contributed by atoms with Crippen LogP contribution in [0.1, 0.15) is 18.4 Å². The molecule has 1 aliphatic heterocycles. The second kappa shape index (κ2) is 5.59. The summed E-state index contributed by atoms with van der Waals surface area (Å²) in [6.45, 7) is 1.15. The predicted molar refractivity (Wildman–Crippen MR) is 70.7 cm³/mol. The van der Waals surface area contributed by atoms with Crippen molar-refractivity contribution in [1.82, 2.24) is 5.32 Å². The van der Waals surface area contributed by atoms with Gasteiger partial charge in [-0.05, 0) is 32.0 Å². The molecule has 0 aliphatic carbocycles. The number of hydrogen-bond acceptors (Lipinski definition) is 2. The van der Waals surface area contributed by atoms with Gasteiger partial charge in [-0.15, -0.1) is 0 Å². The largest absolute Gasteiger partial charge is 0.418 e. The van der Waals surface area contributed by atoms with Crippen molar-refractivity contribution in [2.75, 3.05) is 25.0 Å². The standard InChI is InChI=1S/C13H16ClF3N2/c1-18-9-4-3-7-19(8-9)12-10(13(15,16)17)5-2-6-11(12)14/h2,5-6,9,18H,3-4,7-8H2,1H3. The molecule has 0 aromatic heterocycles. The fourth-order valence-electron chi connectivity index (χ4n) is 2.48. The second-order valence-corrected chi connectivity index (χ2v) is 5.11. The van der Waals surface area contributed by atoms with Crippen LogP contribution in [0.25, 0.3) is 0 Å². The van der Waals surface area contributed by atoms with Gasteiger partial charge in [0.25, 0.3) is 0 Å². The molecule has 106 valence electrons. The highest BCUT2D eigenvalue weighted by Crippen LogP contribution is 2.41. The third kappa shape index (κ3) is 3.15. The molecule has 19 heavy (non-hydrogen) atoms. The Morgan fingerprint density at radius 1 is 1.37 bits per heavy atom. The van der Waals surface area contributed by atoms with Gasteiger partial charge in [0, 0.05) is 19.1 Å². The molecule has 0 saturated carbocycles. The Balaban J connectivity index is 2.38. The third-order valence-electron chi connectivity index (χ3n) is 3.44. The van der Waals surface area contributed by atoms with Crippen LogP contribution in [0.2, 0.25) is 5.02 Å². The fraction of sp³-hybridized carbons (Fsp3) is 0.538. The Kier molecular flexibility index (Phi) is 4.26. The Labute approximate surface area is 115 Å². The van der Waals surface area contributed by atoms with E-state index in [1.807, 2.05) is 7.05 Å². The van der Waals surface area contributed by atoms with E-state index in [1.165, 1.54) is 12.1 Å². The quantitative estimate of drug-likeness (QED) is 0.897. The highest BCUT2D eigenvalue weighted by atomic mass is 35.5. The summed E-state index contributed by atoms with van der Waals surface area (Å²) in [5.74, 6) is 0. The summed E-state index contributed by atoms with van der Waals surface area (Å²) in [6.07, 6.45) is -2.56. The minimum absolute atomic E-state index is 0.108. The lowest BCUT2D eigenvalue weighted by molar-refractivity contribution is -0.137. The number of alkyl halides is 3. The summed E-state index contributed by atoms with van der Waals surface area (Å²) in [5.41, 5.74) is -0.548. The molecule has 1 aliphatic rings. The van der Waals surface area contributed by atoms with Crippen LogP contribution in [0.5, 0.6) is 0 Å². The summed E-state index contributed by atoms with van der Waals surface area (Å²) in [6, 6.07) is 4.14. The van der Waals surface area contributed by atoms with Crippen molar-refractivity contribution < 1.29 is 13.2 Å². The molecule has 0 bridgehead atoms. The number of hydrogen-bond donors (Lipinski definition) is 1. The predicted octanol–water partition coefficient (Wildman–Crippen LogP) is 3.55. The zero-order valence-electron chi connectivity index (χ0n) is 10.6. The first kappa shape index (κ1) is 14.5. The number of halogens is 4. The van der Waals surface area contributed by atoms with Gasteiger partial charge in [-0.1, -0.05) is 17.7 Å². The second-order valence-electron chi connectivity index (χ2n) is 4.71. The third-order valence-corrected chi connectivity index (χ3v) is 3.74. The number of anilines is 1. The van der Waals surface area contributed by atoms with Crippen molar-refractivity contribution in [1.29, 1.82) is 0 Å². The Morgan fingerprint density at radius 2 is 2.11 bits per heavy atom. The van der Waals surface area contributed by atoms with E-state index < -0.39 is 11.7 Å². The van der Waals surface area contributed by atoms with Crippen LogP contribution in [0, 0.1) is 0 Å². The van der Waals surface area contributed by atoms with Crippen LogP contribution >= 0.6 is 11.6 Å². The first-order valence-electron chi connectivity index (χ1n) is 6.21. The minimum atomic E-state index is -4.38. The molecular formula is C13H16ClF3N2. The van der Waals surface area contributed by atoms with Gasteiger partial charge in [-0.25, -0.2) is 0 Å². The van der Waals surface area contributed by atoms with Gasteiger partial charge in [0.15, 0.2) is 0 Å². The molecule has 2 rings (SSSR count). The molecule has 0 amide bonds. The molecule has 1 atom stereocenters. The van der Waals surface area contributed by atoms with Crippen molar-refractivity contribution in [3.05, 3.63) is 28.8 Å². The molecule has 1 aromatic rings. The number of piperidine rings is 1. The summed E-state index contributed by atoms with van der Waals surface area (Å²) in [4.78, 5) is 1.73. The summed E-state index contributed by atoms with van der Waals surface area (Å²) in [5, 5.41) is 3.27. The van der Waals surface area contributed by atoms with E-state index in [0.717, 1.165) is 18.9 Å². The Morgan fingerprint density at radius 3 is 2.74 bits per heavy atom. The van der Waals surface area contributed by atoms with Gasteiger partial charge < -0.3 is 10.2 Å². The van der Waals surface area contributed by atoms with Crippen LogP contribution in [0.3, 0.4) is 0 Å². The maximum absolute atomic E-state index is 13.1. The first-order valence-corrected chi connectivity index (χ1v) is 6.59. The lowest BCUT2D eigenvalue weighted by Gasteiger charge is -2.36. The molecule has 1 N–H and O–H groups in total. The summed E-state index contributed by atoms with van der Waals surface area (Å²) >= 11 is 6.00. The molecule has 1 saturated heterocycles. The monoisotopic (exact) mass is 292 g/mol. The average molecular weight is 293 g/mol. The van der Waals surface area contributed by atoms with Gasteiger partial charge in [-0.3, -0.25) is 0 Å². The molecule has 0 spiro atoms. The van der Waals surface area contributed by atoms with E-state index >= 15 is 0 Å². The minimum Gasteiger partial charge on any atom is -0.368 e. The van der Waals surface area contributed by atoms with Crippen molar-refractivity contribution in [3.8, 4) is 0 Å². The SMILES string of the molecule is CNC1CCCN(c2c(Cl)cccc2C(F)(F)F)C1. The topological polar surface area (TPSA) is 15.3 Å². The lowest BCUT2D eigenvalue weighted by Crippen LogP contribution is -2.45. The van der Waals surface area contributed by atoms with Crippen molar-refractivity contribution in [2.24, 2.45) is 0 Å². The number of likely N-dealkylation sites (N-methyl/N-ethyl adjacent to an activating group) is 1. The highest BCUT2D eigenvalue weighted by molar-refractivity contribution is 6.33. The molecule has 1 fully saturated rings. The van der Waals surface area contributed by atoms with Crippen LogP contribution in [-0.2, 0) is 6.18 Å². The van der Waals surface area contributed by atoms with Crippen molar-refractivity contribution in [2.45, 2.75) is 25.1 Å². The normalized spacial score (nSPS) is 20.7. The van der Waals surface area contributed by atoms with E-state index in [4.69, 9.17) is 11.6 Å². The van der Waals surface area contributed by atoms with Gasteiger partial charge in [0.05, 0.1) is 16.3 Å². The maximum Gasteiger partial charge on any atom is 0.418 e. The van der Waals surface area contributed by atoms with Gasteiger partial charge in [0.2, 0.25) is 0 Å². The zero-order valence-corrected chi connectivity index (χ0v) is 11.4.